The van der Waals surface area contributed by atoms with Gasteiger partial charge in [0.15, 0.2) is 0 Å². The lowest BCUT2D eigenvalue weighted by Crippen LogP contribution is -2.45. The Balaban J connectivity index is 2.14. The molecule has 0 radical (unpaired) electrons. The number of nitrogens with two attached hydrogens (primary N) is 1. The second-order valence-corrected chi connectivity index (χ2v) is 5.19. The summed E-state index contributed by atoms with van der Waals surface area (Å²) in [6.07, 6.45) is 2.25. The van der Waals surface area contributed by atoms with E-state index in [1.807, 2.05) is 13.8 Å². The van der Waals surface area contributed by atoms with Gasteiger partial charge in [0.05, 0.1) is 5.56 Å². The number of rotatable bonds is 3. The molecule has 92 valence electrons. The highest BCUT2D eigenvalue weighted by molar-refractivity contribution is 5.95. The van der Waals surface area contributed by atoms with Crippen LogP contribution in [0.5, 0.6) is 0 Å². The van der Waals surface area contributed by atoms with E-state index in [9.17, 15) is 9.18 Å². The second kappa shape index (κ2) is 4.02. The fraction of sp³-hybridized carbons (Fsp3) is 0.462. The first-order valence-electron chi connectivity index (χ1n) is 5.77. The third kappa shape index (κ3) is 2.57. The molecule has 1 aromatic carbocycles. The number of hydrogen-bond acceptors (Lipinski definition) is 2. The van der Waals surface area contributed by atoms with Gasteiger partial charge in [-0.15, -0.1) is 0 Å². The molecule has 1 aromatic rings. The number of anilines is 1. The van der Waals surface area contributed by atoms with Crippen LogP contribution >= 0.6 is 0 Å². The lowest BCUT2D eigenvalue weighted by molar-refractivity contribution is 0.0899. The van der Waals surface area contributed by atoms with Crippen molar-refractivity contribution >= 4 is 11.6 Å². The molecular weight excluding hydrogens is 219 g/mol. The molecule has 3 nitrogen and oxygen atoms in total. The zero-order valence-electron chi connectivity index (χ0n) is 10.1. The van der Waals surface area contributed by atoms with Gasteiger partial charge in [-0.1, -0.05) is 0 Å². The van der Waals surface area contributed by atoms with Crippen LogP contribution in [0.1, 0.15) is 37.0 Å². The fourth-order valence-electron chi connectivity index (χ4n) is 1.98. The average Bonchev–Trinajstić information content (AvgIpc) is 2.98. The van der Waals surface area contributed by atoms with E-state index in [-0.39, 0.29) is 17.0 Å². The maximum absolute atomic E-state index is 13.6. The Labute approximate surface area is 100 Å². The van der Waals surface area contributed by atoms with Crippen LogP contribution in [0.2, 0.25) is 0 Å². The highest BCUT2D eigenvalue weighted by Crippen LogP contribution is 2.39. The lowest BCUT2D eigenvalue weighted by atomic mass is 9.98. The van der Waals surface area contributed by atoms with Crippen LogP contribution in [0.25, 0.3) is 0 Å². The van der Waals surface area contributed by atoms with Crippen molar-refractivity contribution in [2.75, 3.05) is 5.73 Å². The van der Waals surface area contributed by atoms with E-state index in [0.29, 0.717) is 11.6 Å². The number of benzene rings is 1. The van der Waals surface area contributed by atoms with E-state index in [1.165, 1.54) is 18.2 Å². The third-order valence-corrected chi connectivity index (χ3v) is 3.27. The van der Waals surface area contributed by atoms with Gasteiger partial charge in [-0.25, -0.2) is 4.39 Å². The Hall–Kier alpha value is -1.58. The van der Waals surface area contributed by atoms with Crippen molar-refractivity contribution in [1.29, 1.82) is 0 Å². The number of carbonyl (C=O) groups excluding carboxylic acids is 1. The number of nitrogens with one attached hydrogen (secondary N) is 1. The summed E-state index contributed by atoms with van der Waals surface area (Å²) in [4.78, 5) is 11.9. The minimum absolute atomic E-state index is 0.0490. The predicted molar refractivity (Wildman–Crippen MR) is 65.1 cm³/mol. The summed E-state index contributed by atoms with van der Waals surface area (Å²) in [7, 11) is 0. The molecule has 0 heterocycles. The van der Waals surface area contributed by atoms with Gasteiger partial charge in [-0.3, -0.25) is 4.79 Å². The summed E-state index contributed by atoms with van der Waals surface area (Å²) < 4.78 is 13.6. The minimum Gasteiger partial charge on any atom is -0.399 e. The normalized spacial score (nSPS) is 15.7. The first kappa shape index (κ1) is 11.9. The Morgan fingerprint density at radius 1 is 1.47 bits per heavy atom. The zero-order chi connectivity index (χ0) is 12.6. The van der Waals surface area contributed by atoms with Crippen molar-refractivity contribution in [3.63, 3.8) is 0 Å². The Morgan fingerprint density at radius 2 is 2.12 bits per heavy atom. The molecule has 0 atom stereocenters. The smallest absolute Gasteiger partial charge is 0.254 e. The summed E-state index contributed by atoms with van der Waals surface area (Å²) >= 11 is 0. The number of carbonyl (C=O) groups is 1. The molecule has 0 aliphatic heterocycles. The van der Waals surface area contributed by atoms with Gasteiger partial charge in [0, 0.05) is 11.2 Å². The highest BCUT2D eigenvalue weighted by Gasteiger charge is 2.39. The molecule has 1 amide bonds. The van der Waals surface area contributed by atoms with Gasteiger partial charge < -0.3 is 11.1 Å². The van der Waals surface area contributed by atoms with Crippen molar-refractivity contribution in [1.82, 2.24) is 5.32 Å². The van der Waals surface area contributed by atoms with Crippen molar-refractivity contribution in [2.45, 2.75) is 32.2 Å². The van der Waals surface area contributed by atoms with E-state index in [0.717, 1.165) is 12.8 Å². The molecule has 1 aliphatic rings. The van der Waals surface area contributed by atoms with E-state index >= 15 is 0 Å². The molecule has 0 unspecified atom stereocenters. The summed E-state index contributed by atoms with van der Waals surface area (Å²) in [6, 6.07) is 4.12. The van der Waals surface area contributed by atoms with Crippen molar-refractivity contribution < 1.29 is 9.18 Å². The van der Waals surface area contributed by atoms with Gasteiger partial charge in [0.1, 0.15) is 5.82 Å². The first-order valence-corrected chi connectivity index (χ1v) is 5.77. The van der Waals surface area contributed by atoms with E-state index in [4.69, 9.17) is 5.73 Å². The topological polar surface area (TPSA) is 55.1 Å². The molecule has 1 fully saturated rings. The van der Waals surface area contributed by atoms with Crippen LogP contribution in [0.4, 0.5) is 10.1 Å². The van der Waals surface area contributed by atoms with Gasteiger partial charge >= 0.3 is 0 Å². The molecule has 1 saturated carbocycles. The van der Waals surface area contributed by atoms with Crippen LogP contribution in [-0.2, 0) is 0 Å². The fourth-order valence-corrected chi connectivity index (χ4v) is 1.98. The van der Waals surface area contributed by atoms with Crippen LogP contribution in [0, 0.1) is 11.7 Å². The Bertz CT molecular complexity index is 453. The first-order chi connectivity index (χ1) is 7.90. The molecule has 3 N–H and O–H groups in total. The summed E-state index contributed by atoms with van der Waals surface area (Å²) in [5, 5.41) is 2.88. The van der Waals surface area contributed by atoms with Gasteiger partial charge in [0.25, 0.3) is 5.91 Å². The van der Waals surface area contributed by atoms with Crippen LogP contribution in [0.15, 0.2) is 18.2 Å². The van der Waals surface area contributed by atoms with Gasteiger partial charge in [-0.05, 0) is 50.8 Å². The molecule has 1 aliphatic carbocycles. The van der Waals surface area contributed by atoms with Crippen molar-refractivity contribution in [2.24, 2.45) is 5.92 Å². The molecule has 2 rings (SSSR count). The van der Waals surface area contributed by atoms with Crippen LogP contribution < -0.4 is 11.1 Å². The van der Waals surface area contributed by atoms with Gasteiger partial charge in [0.2, 0.25) is 0 Å². The number of halogens is 1. The Kier molecular flexibility index (Phi) is 2.81. The minimum atomic E-state index is -0.575. The predicted octanol–water partition coefficient (Wildman–Crippen LogP) is 2.33. The molecule has 4 heteroatoms. The number of nitrogen functional groups attached to an aromatic ring is 1. The van der Waals surface area contributed by atoms with Crippen LogP contribution in [0.3, 0.4) is 0 Å². The molecule has 0 bridgehead atoms. The maximum atomic E-state index is 13.6. The highest BCUT2D eigenvalue weighted by atomic mass is 19.1. The van der Waals surface area contributed by atoms with Crippen LogP contribution in [-0.4, -0.2) is 11.4 Å². The molecular formula is C13H17FN2O. The SMILES string of the molecule is CC(C)(NC(=O)c1ccc(N)cc1F)C1CC1. The summed E-state index contributed by atoms with van der Waals surface area (Å²) in [5.41, 5.74) is 5.54. The quantitative estimate of drug-likeness (QED) is 0.791. The number of amides is 1. The molecule has 0 saturated heterocycles. The second-order valence-electron chi connectivity index (χ2n) is 5.19. The average molecular weight is 236 g/mol. The third-order valence-electron chi connectivity index (χ3n) is 3.27. The summed E-state index contributed by atoms with van der Waals surface area (Å²) in [5.74, 6) is -0.447. The zero-order valence-corrected chi connectivity index (χ0v) is 10.1. The monoisotopic (exact) mass is 236 g/mol. The molecule has 0 aromatic heterocycles. The lowest BCUT2D eigenvalue weighted by Gasteiger charge is -2.26. The molecule has 0 spiro atoms. The van der Waals surface area contributed by atoms with E-state index in [2.05, 4.69) is 5.32 Å². The molecule has 17 heavy (non-hydrogen) atoms. The van der Waals surface area contributed by atoms with Gasteiger partial charge in [-0.2, -0.15) is 0 Å². The maximum Gasteiger partial charge on any atom is 0.254 e. The van der Waals surface area contributed by atoms with E-state index < -0.39 is 5.82 Å². The largest absolute Gasteiger partial charge is 0.399 e. The van der Waals surface area contributed by atoms with Crippen molar-refractivity contribution in [3.8, 4) is 0 Å². The Morgan fingerprint density at radius 3 is 2.65 bits per heavy atom. The standard InChI is InChI=1S/C13H17FN2O/c1-13(2,8-3-4-8)16-12(17)10-6-5-9(15)7-11(10)14/h5-8H,3-4,15H2,1-2H3,(H,16,17). The summed E-state index contributed by atoms with van der Waals surface area (Å²) in [6.45, 7) is 3.94. The van der Waals surface area contributed by atoms with E-state index in [1.54, 1.807) is 0 Å². The van der Waals surface area contributed by atoms with Crippen molar-refractivity contribution in [3.05, 3.63) is 29.6 Å². The number of hydrogen-bond donors (Lipinski definition) is 2.